The summed E-state index contributed by atoms with van der Waals surface area (Å²) < 4.78 is 0. The molecule has 0 spiro atoms. The first-order valence-electron chi connectivity index (χ1n) is 9.58. The summed E-state index contributed by atoms with van der Waals surface area (Å²) in [4.78, 5) is 41.2. The number of likely N-dealkylation sites (tertiary alicyclic amines) is 1. The Kier molecular flexibility index (Phi) is 4.85. The molecule has 8 nitrogen and oxygen atoms in total. The highest BCUT2D eigenvalue weighted by Gasteiger charge is 2.32. The molecule has 3 N–H and O–H groups in total. The standard InChI is InChI=1S/C20H24N6O2/c1-12-5-3-6-14-18(12)25-19(23-14)15-7-4-10-26(15)20(28)21-9-8-16-22-13(2)11-17(27)24-16/h3,5-6,11,15H,4,7-10H2,1-2H3,(H,21,28)(H,23,25)(H,22,24,27). The molecule has 3 heterocycles. The number of carbonyl (C=O) groups is 1. The first kappa shape index (κ1) is 18.2. The van der Waals surface area contributed by atoms with Gasteiger partial charge in [0.05, 0.1) is 17.1 Å². The fourth-order valence-corrected chi connectivity index (χ4v) is 3.80. The van der Waals surface area contributed by atoms with E-state index in [-0.39, 0.29) is 17.6 Å². The number of H-pyrrole nitrogens is 2. The maximum Gasteiger partial charge on any atom is 0.318 e. The van der Waals surface area contributed by atoms with E-state index < -0.39 is 0 Å². The summed E-state index contributed by atoms with van der Waals surface area (Å²) in [5.74, 6) is 1.41. The Bertz CT molecular complexity index is 1070. The molecule has 4 rings (SSSR count). The molecule has 1 saturated heterocycles. The molecule has 0 bridgehead atoms. The molecular weight excluding hydrogens is 356 g/mol. The zero-order chi connectivity index (χ0) is 19.7. The second-order valence-electron chi connectivity index (χ2n) is 7.26. The Morgan fingerprint density at radius 1 is 1.29 bits per heavy atom. The molecule has 1 aliphatic rings. The molecule has 1 aliphatic heterocycles. The Morgan fingerprint density at radius 2 is 2.14 bits per heavy atom. The fraction of sp³-hybridized carbons (Fsp3) is 0.400. The number of para-hydroxylation sites is 1. The highest BCUT2D eigenvalue weighted by atomic mass is 16.2. The zero-order valence-corrected chi connectivity index (χ0v) is 16.1. The van der Waals surface area contributed by atoms with Gasteiger partial charge in [-0.25, -0.2) is 14.8 Å². The van der Waals surface area contributed by atoms with E-state index in [2.05, 4.69) is 20.3 Å². The molecule has 2 aromatic heterocycles. The summed E-state index contributed by atoms with van der Waals surface area (Å²) >= 11 is 0. The Hall–Kier alpha value is -3.16. The first-order valence-corrected chi connectivity index (χ1v) is 9.58. The number of benzene rings is 1. The maximum absolute atomic E-state index is 12.7. The fourth-order valence-electron chi connectivity index (χ4n) is 3.80. The quantitative estimate of drug-likeness (QED) is 0.646. The number of urea groups is 1. The van der Waals surface area contributed by atoms with Crippen molar-refractivity contribution in [3.8, 4) is 0 Å². The van der Waals surface area contributed by atoms with Crippen LogP contribution in [-0.4, -0.2) is 44.0 Å². The lowest BCUT2D eigenvalue weighted by Gasteiger charge is -2.23. The molecule has 2 amide bonds. The molecule has 3 aromatic rings. The van der Waals surface area contributed by atoms with Crippen LogP contribution in [0.2, 0.25) is 0 Å². The number of aryl methyl sites for hydroxylation is 2. The van der Waals surface area contributed by atoms with Gasteiger partial charge in [-0.15, -0.1) is 0 Å². The van der Waals surface area contributed by atoms with Gasteiger partial charge in [0.1, 0.15) is 11.6 Å². The molecule has 28 heavy (non-hydrogen) atoms. The van der Waals surface area contributed by atoms with Crippen LogP contribution < -0.4 is 10.9 Å². The molecular formula is C20H24N6O2. The number of hydrogen-bond donors (Lipinski definition) is 3. The van der Waals surface area contributed by atoms with Gasteiger partial charge in [0.2, 0.25) is 0 Å². The number of nitrogens with zero attached hydrogens (tertiary/aromatic N) is 3. The van der Waals surface area contributed by atoms with Crippen molar-refractivity contribution in [1.82, 2.24) is 30.2 Å². The van der Waals surface area contributed by atoms with Crippen LogP contribution in [0.25, 0.3) is 11.0 Å². The average molecular weight is 380 g/mol. The minimum absolute atomic E-state index is 0.0521. The summed E-state index contributed by atoms with van der Waals surface area (Å²) in [6, 6.07) is 7.33. The molecule has 0 saturated carbocycles. The predicted octanol–water partition coefficient (Wildman–Crippen LogP) is 2.35. The first-order chi connectivity index (χ1) is 13.5. The summed E-state index contributed by atoms with van der Waals surface area (Å²) in [5.41, 5.74) is 3.57. The predicted molar refractivity (Wildman–Crippen MR) is 106 cm³/mol. The van der Waals surface area contributed by atoms with Gasteiger partial charge in [0.15, 0.2) is 0 Å². The van der Waals surface area contributed by atoms with Crippen LogP contribution in [0.5, 0.6) is 0 Å². The van der Waals surface area contributed by atoms with E-state index in [0.29, 0.717) is 31.0 Å². The largest absolute Gasteiger partial charge is 0.340 e. The van der Waals surface area contributed by atoms with Gasteiger partial charge in [0.25, 0.3) is 5.56 Å². The van der Waals surface area contributed by atoms with Crippen molar-refractivity contribution >= 4 is 17.1 Å². The number of carbonyl (C=O) groups excluding carboxylic acids is 1. The number of amides is 2. The minimum atomic E-state index is -0.173. The van der Waals surface area contributed by atoms with Crippen molar-refractivity contribution < 1.29 is 4.79 Å². The number of rotatable bonds is 4. The number of imidazole rings is 1. The number of aromatic amines is 2. The van der Waals surface area contributed by atoms with E-state index in [1.165, 1.54) is 6.07 Å². The number of hydrogen-bond acceptors (Lipinski definition) is 4. The van der Waals surface area contributed by atoms with Crippen LogP contribution in [0, 0.1) is 13.8 Å². The summed E-state index contributed by atoms with van der Waals surface area (Å²) in [6.07, 6.45) is 2.31. The zero-order valence-electron chi connectivity index (χ0n) is 16.1. The van der Waals surface area contributed by atoms with E-state index in [9.17, 15) is 9.59 Å². The smallest absolute Gasteiger partial charge is 0.318 e. The van der Waals surface area contributed by atoms with Crippen molar-refractivity contribution in [2.24, 2.45) is 0 Å². The van der Waals surface area contributed by atoms with Crippen LogP contribution in [0.1, 0.15) is 41.8 Å². The van der Waals surface area contributed by atoms with Crippen molar-refractivity contribution in [2.45, 2.75) is 39.2 Å². The second-order valence-corrected chi connectivity index (χ2v) is 7.26. The SMILES string of the molecule is Cc1cc(=O)[nH]c(CCNC(=O)N2CCCC2c2nc3c(C)cccc3[nH]2)n1. The minimum Gasteiger partial charge on any atom is -0.340 e. The Labute approximate surface area is 162 Å². The van der Waals surface area contributed by atoms with E-state index in [4.69, 9.17) is 4.98 Å². The summed E-state index contributed by atoms with van der Waals surface area (Å²) in [6.45, 7) is 4.93. The van der Waals surface area contributed by atoms with Crippen LogP contribution in [0.15, 0.2) is 29.1 Å². The lowest BCUT2D eigenvalue weighted by molar-refractivity contribution is 0.191. The van der Waals surface area contributed by atoms with E-state index in [1.54, 1.807) is 6.92 Å². The van der Waals surface area contributed by atoms with Crippen LogP contribution in [-0.2, 0) is 6.42 Å². The normalized spacial score (nSPS) is 16.6. The molecule has 0 radical (unpaired) electrons. The van der Waals surface area contributed by atoms with Gasteiger partial charge in [0, 0.05) is 31.3 Å². The number of nitrogens with one attached hydrogen (secondary N) is 3. The topological polar surface area (TPSA) is 107 Å². The van der Waals surface area contributed by atoms with Gasteiger partial charge < -0.3 is 20.2 Å². The third kappa shape index (κ3) is 3.62. The average Bonchev–Trinajstić information content (AvgIpc) is 3.28. The summed E-state index contributed by atoms with van der Waals surface area (Å²) in [5, 5.41) is 2.94. The molecule has 0 aliphatic carbocycles. The van der Waals surface area contributed by atoms with E-state index in [1.807, 2.05) is 30.0 Å². The van der Waals surface area contributed by atoms with Crippen molar-refractivity contribution in [3.05, 3.63) is 57.5 Å². The van der Waals surface area contributed by atoms with Gasteiger partial charge >= 0.3 is 6.03 Å². The van der Waals surface area contributed by atoms with Crippen LogP contribution in [0.3, 0.4) is 0 Å². The van der Waals surface area contributed by atoms with Gasteiger partial charge in [-0.3, -0.25) is 4.79 Å². The number of aromatic nitrogens is 4. The molecule has 8 heteroatoms. The lowest BCUT2D eigenvalue weighted by atomic mass is 10.2. The number of fused-ring (bicyclic) bond motifs is 1. The Balaban J connectivity index is 1.43. The molecule has 1 atom stereocenters. The van der Waals surface area contributed by atoms with Crippen LogP contribution >= 0.6 is 0 Å². The Morgan fingerprint density at radius 3 is 2.93 bits per heavy atom. The third-order valence-electron chi connectivity index (χ3n) is 5.12. The molecule has 1 aromatic carbocycles. The molecule has 1 fully saturated rings. The second kappa shape index (κ2) is 7.46. The highest BCUT2D eigenvalue weighted by Crippen LogP contribution is 2.31. The van der Waals surface area contributed by atoms with Crippen molar-refractivity contribution in [1.29, 1.82) is 0 Å². The van der Waals surface area contributed by atoms with E-state index >= 15 is 0 Å². The van der Waals surface area contributed by atoms with Crippen LogP contribution in [0.4, 0.5) is 4.79 Å². The van der Waals surface area contributed by atoms with E-state index in [0.717, 1.165) is 35.3 Å². The highest BCUT2D eigenvalue weighted by molar-refractivity contribution is 5.79. The van der Waals surface area contributed by atoms with Crippen molar-refractivity contribution in [2.75, 3.05) is 13.1 Å². The van der Waals surface area contributed by atoms with Gasteiger partial charge in [-0.2, -0.15) is 0 Å². The maximum atomic E-state index is 12.7. The summed E-state index contributed by atoms with van der Waals surface area (Å²) in [7, 11) is 0. The van der Waals surface area contributed by atoms with Gasteiger partial charge in [-0.1, -0.05) is 12.1 Å². The van der Waals surface area contributed by atoms with Crippen molar-refractivity contribution in [3.63, 3.8) is 0 Å². The lowest BCUT2D eigenvalue weighted by Crippen LogP contribution is -2.40. The van der Waals surface area contributed by atoms with Gasteiger partial charge in [-0.05, 0) is 38.3 Å². The molecule has 146 valence electrons. The molecule has 1 unspecified atom stereocenters. The third-order valence-corrected chi connectivity index (χ3v) is 5.12. The monoisotopic (exact) mass is 380 g/mol.